The molecule has 0 spiro atoms. The first-order chi connectivity index (χ1) is 7.04. The van der Waals surface area contributed by atoms with E-state index in [1.54, 1.807) is 18.2 Å². The Kier molecular flexibility index (Phi) is 3.96. The van der Waals surface area contributed by atoms with Gasteiger partial charge in [-0.25, -0.2) is 4.79 Å². The molecule has 1 aromatic rings. The number of hydrogen-bond donors (Lipinski definition) is 1. The Hall–Kier alpha value is -1.23. The van der Waals surface area contributed by atoms with E-state index in [2.05, 4.69) is 15.9 Å². The first kappa shape index (κ1) is 11.8. The Morgan fingerprint density at radius 3 is 2.67 bits per heavy atom. The molecule has 0 fully saturated rings. The van der Waals surface area contributed by atoms with E-state index in [0.717, 1.165) is 4.47 Å². The van der Waals surface area contributed by atoms with Gasteiger partial charge in [-0.3, -0.25) is 0 Å². The lowest BCUT2D eigenvalue weighted by atomic mass is 10.3. The largest absolute Gasteiger partial charge is 0.493 e. The van der Waals surface area contributed by atoms with E-state index in [-0.39, 0.29) is 0 Å². The van der Waals surface area contributed by atoms with Crippen LogP contribution in [0.25, 0.3) is 0 Å². The van der Waals surface area contributed by atoms with E-state index in [4.69, 9.17) is 14.6 Å². The topological polar surface area (TPSA) is 55.8 Å². The lowest BCUT2D eigenvalue weighted by Gasteiger charge is -2.13. The monoisotopic (exact) mass is 274 g/mol. The zero-order valence-electron chi connectivity index (χ0n) is 8.36. The third-order valence-corrected chi connectivity index (χ3v) is 2.27. The minimum atomic E-state index is -1.01. The predicted octanol–water partition coefficient (Wildman–Crippen LogP) is 2.31. The van der Waals surface area contributed by atoms with Crippen molar-refractivity contribution < 1.29 is 19.4 Å². The van der Waals surface area contributed by atoms with Crippen LogP contribution in [-0.4, -0.2) is 24.3 Å². The first-order valence-electron chi connectivity index (χ1n) is 4.27. The van der Waals surface area contributed by atoms with Crippen LogP contribution in [0.5, 0.6) is 11.5 Å². The molecule has 0 heterocycles. The van der Waals surface area contributed by atoms with Crippen LogP contribution in [0.2, 0.25) is 0 Å². The van der Waals surface area contributed by atoms with E-state index in [0.29, 0.717) is 11.5 Å². The number of carboxylic acids is 1. The third-order valence-electron chi connectivity index (χ3n) is 1.78. The Balaban J connectivity index is 2.89. The van der Waals surface area contributed by atoms with Crippen molar-refractivity contribution in [2.75, 3.05) is 7.11 Å². The van der Waals surface area contributed by atoms with E-state index in [1.165, 1.54) is 14.0 Å². The number of carboxylic acid groups (broad SMARTS) is 1. The lowest BCUT2D eigenvalue weighted by Crippen LogP contribution is -2.23. The number of halogens is 1. The van der Waals surface area contributed by atoms with Crippen molar-refractivity contribution in [3.63, 3.8) is 0 Å². The molecule has 0 aliphatic carbocycles. The Bertz CT molecular complexity index is 364. The second-order valence-corrected chi connectivity index (χ2v) is 3.81. The summed E-state index contributed by atoms with van der Waals surface area (Å²) < 4.78 is 11.1. The summed E-state index contributed by atoms with van der Waals surface area (Å²) in [7, 11) is 1.50. The van der Waals surface area contributed by atoms with Gasteiger partial charge in [0.15, 0.2) is 17.6 Å². The molecule has 4 nitrogen and oxygen atoms in total. The minimum absolute atomic E-state index is 0.413. The van der Waals surface area contributed by atoms with Gasteiger partial charge in [0.2, 0.25) is 0 Å². The Labute approximate surface area is 95.9 Å². The van der Waals surface area contributed by atoms with Crippen LogP contribution in [-0.2, 0) is 4.79 Å². The van der Waals surface area contributed by atoms with Gasteiger partial charge in [-0.15, -0.1) is 0 Å². The molecule has 0 saturated carbocycles. The number of benzene rings is 1. The lowest BCUT2D eigenvalue weighted by molar-refractivity contribution is -0.144. The third kappa shape index (κ3) is 3.13. The summed E-state index contributed by atoms with van der Waals surface area (Å²) in [4.78, 5) is 10.6. The summed E-state index contributed by atoms with van der Waals surface area (Å²) in [6, 6.07) is 5.12. The highest BCUT2D eigenvalue weighted by Crippen LogP contribution is 2.30. The molecule has 0 aliphatic rings. The highest BCUT2D eigenvalue weighted by atomic mass is 79.9. The summed E-state index contributed by atoms with van der Waals surface area (Å²) in [5, 5.41) is 8.69. The molecule has 5 heteroatoms. The average Bonchev–Trinajstić information content (AvgIpc) is 2.20. The van der Waals surface area contributed by atoms with Crippen LogP contribution >= 0.6 is 15.9 Å². The fourth-order valence-electron chi connectivity index (χ4n) is 0.980. The molecule has 0 aromatic heterocycles. The number of rotatable bonds is 4. The van der Waals surface area contributed by atoms with Gasteiger partial charge in [0, 0.05) is 4.47 Å². The van der Waals surface area contributed by atoms with E-state index in [9.17, 15) is 4.79 Å². The van der Waals surface area contributed by atoms with Crippen molar-refractivity contribution in [1.29, 1.82) is 0 Å². The summed E-state index contributed by atoms with van der Waals surface area (Å²) in [5.41, 5.74) is 0. The van der Waals surface area contributed by atoms with Crippen LogP contribution in [0, 0.1) is 0 Å². The van der Waals surface area contributed by atoms with Crippen LogP contribution in [0.3, 0.4) is 0 Å². The molecule has 0 radical (unpaired) electrons. The summed E-state index contributed by atoms with van der Waals surface area (Å²) in [6.45, 7) is 1.46. The zero-order valence-corrected chi connectivity index (χ0v) is 9.95. The van der Waals surface area contributed by atoms with Crippen molar-refractivity contribution in [2.45, 2.75) is 13.0 Å². The second kappa shape index (κ2) is 5.02. The van der Waals surface area contributed by atoms with Gasteiger partial charge in [0.25, 0.3) is 0 Å². The molecular formula is C10H11BrO4. The SMILES string of the molecule is COc1cc(Br)ccc1OC(C)C(=O)O. The van der Waals surface area contributed by atoms with Gasteiger partial charge in [0.1, 0.15) is 0 Å². The highest BCUT2D eigenvalue weighted by molar-refractivity contribution is 9.10. The highest BCUT2D eigenvalue weighted by Gasteiger charge is 2.15. The quantitative estimate of drug-likeness (QED) is 0.916. The first-order valence-corrected chi connectivity index (χ1v) is 5.07. The molecule has 1 rings (SSSR count). The maximum Gasteiger partial charge on any atom is 0.344 e. The predicted molar refractivity (Wildman–Crippen MR) is 58.4 cm³/mol. The molecular weight excluding hydrogens is 264 g/mol. The smallest absolute Gasteiger partial charge is 0.344 e. The summed E-state index contributed by atoms with van der Waals surface area (Å²) in [6.07, 6.45) is -0.903. The average molecular weight is 275 g/mol. The van der Waals surface area contributed by atoms with Crippen molar-refractivity contribution in [3.8, 4) is 11.5 Å². The van der Waals surface area contributed by atoms with E-state index in [1.807, 2.05) is 0 Å². The molecule has 1 unspecified atom stereocenters. The molecule has 1 N–H and O–H groups in total. The molecule has 0 saturated heterocycles. The van der Waals surface area contributed by atoms with Gasteiger partial charge in [-0.05, 0) is 25.1 Å². The zero-order chi connectivity index (χ0) is 11.4. The number of methoxy groups -OCH3 is 1. The van der Waals surface area contributed by atoms with Crippen LogP contribution in [0.4, 0.5) is 0 Å². The summed E-state index contributed by atoms with van der Waals surface area (Å²) >= 11 is 3.28. The summed E-state index contributed by atoms with van der Waals surface area (Å²) in [5.74, 6) is -0.104. The van der Waals surface area contributed by atoms with Crippen LogP contribution in [0.1, 0.15) is 6.92 Å². The second-order valence-electron chi connectivity index (χ2n) is 2.89. The molecule has 1 atom stereocenters. The Morgan fingerprint density at radius 1 is 1.47 bits per heavy atom. The molecule has 82 valence electrons. The van der Waals surface area contributed by atoms with Crippen LogP contribution in [0.15, 0.2) is 22.7 Å². The molecule has 0 aliphatic heterocycles. The fraction of sp³-hybridized carbons (Fsp3) is 0.300. The molecule has 15 heavy (non-hydrogen) atoms. The van der Waals surface area contributed by atoms with Crippen molar-refractivity contribution in [2.24, 2.45) is 0 Å². The van der Waals surface area contributed by atoms with Gasteiger partial charge in [0.05, 0.1) is 7.11 Å². The standard InChI is InChI=1S/C10H11BrO4/c1-6(10(12)13)15-8-4-3-7(11)5-9(8)14-2/h3-6H,1-2H3,(H,12,13). The molecule has 0 amide bonds. The van der Waals surface area contributed by atoms with Gasteiger partial charge in [-0.1, -0.05) is 15.9 Å². The van der Waals surface area contributed by atoms with Crippen molar-refractivity contribution >= 4 is 21.9 Å². The number of aliphatic carboxylic acids is 1. The minimum Gasteiger partial charge on any atom is -0.493 e. The number of carbonyl (C=O) groups is 1. The van der Waals surface area contributed by atoms with E-state index >= 15 is 0 Å². The normalized spacial score (nSPS) is 11.9. The molecule has 0 bridgehead atoms. The maximum absolute atomic E-state index is 10.6. The van der Waals surface area contributed by atoms with Gasteiger partial charge < -0.3 is 14.6 Å². The Morgan fingerprint density at radius 2 is 2.13 bits per heavy atom. The van der Waals surface area contributed by atoms with E-state index < -0.39 is 12.1 Å². The van der Waals surface area contributed by atoms with Crippen LogP contribution < -0.4 is 9.47 Å². The van der Waals surface area contributed by atoms with Gasteiger partial charge >= 0.3 is 5.97 Å². The number of hydrogen-bond acceptors (Lipinski definition) is 3. The fourth-order valence-corrected chi connectivity index (χ4v) is 1.32. The molecule has 1 aromatic carbocycles. The van der Waals surface area contributed by atoms with Crippen molar-refractivity contribution in [3.05, 3.63) is 22.7 Å². The van der Waals surface area contributed by atoms with Crippen molar-refractivity contribution in [1.82, 2.24) is 0 Å². The number of ether oxygens (including phenoxy) is 2. The van der Waals surface area contributed by atoms with Gasteiger partial charge in [-0.2, -0.15) is 0 Å². The maximum atomic E-state index is 10.6.